The summed E-state index contributed by atoms with van der Waals surface area (Å²) >= 11 is 0. The van der Waals surface area contributed by atoms with Crippen molar-refractivity contribution in [2.24, 2.45) is 0 Å². The summed E-state index contributed by atoms with van der Waals surface area (Å²) in [6.45, 7) is 2.07. The van der Waals surface area contributed by atoms with E-state index in [2.05, 4.69) is 11.4 Å². The summed E-state index contributed by atoms with van der Waals surface area (Å²) in [4.78, 5) is 18.1. The van der Waals surface area contributed by atoms with Gasteiger partial charge in [-0.15, -0.1) is 0 Å². The van der Waals surface area contributed by atoms with Gasteiger partial charge in [0.05, 0.1) is 31.0 Å². The largest absolute Gasteiger partial charge is 0.469 e. The lowest BCUT2D eigenvalue weighted by molar-refractivity contribution is -0.00383. The molecule has 1 atom stereocenters. The number of halogens is 1. The molecule has 0 aliphatic heterocycles. The van der Waals surface area contributed by atoms with Crippen LogP contribution in [0.3, 0.4) is 0 Å². The molecule has 218 valence electrons. The average Bonchev–Trinajstić information content (AvgIpc) is 2.88. The van der Waals surface area contributed by atoms with Gasteiger partial charge in [-0.1, -0.05) is 122 Å². The molecule has 1 rings (SSSR count). The smallest absolute Gasteiger partial charge is 0.371 e. The van der Waals surface area contributed by atoms with Crippen LogP contribution in [0.5, 0.6) is 0 Å². The Balaban J connectivity index is 2.09. The van der Waals surface area contributed by atoms with Crippen molar-refractivity contribution in [2.75, 3.05) is 6.61 Å². The quantitative estimate of drug-likeness (QED) is 0.0922. The van der Waals surface area contributed by atoms with Crippen molar-refractivity contribution in [3.8, 4) is 6.07 Å². The van der Waals surface area contributed by atoms with Gasteiger partial charge in [-0.2, -0.15) is 5.26 Å². The first kappa shape index (κ1) is 34.7. The summed E-state index contributed by atoms with van der Waals surface area (Å²) in [5, 5.41) is 8.99. The number of nitriles is 1. The van der Waals surface area contributed by atoms with Crippen LogP contribution in [0.4, 0.5) is 4.39 Å². The number of unbranched alkanes of at least 4 members (excludes halogenated alkanes) is 17. The summed E-state index contributed by atoms with van der Waals surface area (Å²) in [5.41, 5.74) is 0.704. The maximum atomic E-state index is 13.6. The Bertz CT molecular complexity index is 810. The second-order valence-electron chi connectivity index (χ2n) is 10.5. The minimum Gasteiger partial charge on any atom is -0.371 e. The fourth-order valence-electron chi connectivity index (χ4n) is 4.68. The fraction of sp³-hybridized carbons (Fsp3) is 0.767. The van der Waals surface area contributed by atoms with E-state index in [9.17, 15) is 8.96 Å². The van der Waals surface area contributed by atoms with Crippen molar-refractivity contribution in [2.45, 2.75) is 142 Å². The topological polar surface area (TPSA) is 99.8 Å². The van der Waals surface area contributed by atoms with Crippen molar-refractivity contribution < 1.29 is 28.0 Å². The van der Waals surface area contributed by atoms with Crippen LogP contribution in [-0.4, -0.2) is 22.5 Å². The van der Waals surface area contributed by atoms with Gasteiger partial charge in [-0.25, -0.2) is 8.96 Å². The number of hydrogen-bond acceptors (Lipinski definition) is 4. The van der Waals surface area contributed by atoms with Gasteiger partial charge in [0.2, 0.25) is 0 Å². The van der Waals surface area contributed by atoms with Crippen LogP contribution in [0.15, 0.2) is 18.2 Å². The molecule has 1 aromatic carbocycles. The minimum atomic E-state index is -4.60. The molecule has 1 aromatic rings. The molecule has 0 bridgehead atoms. The minimum absolute atomic E-state index is 0.0423. The highest BCUT2D eigenvalue weighted by Gasteiger charge is 2.19. The van der Waals surface area contributed by atoms with Gasteiger partial charge in [0.15, 0.2) is 0 Å². The van der Waals surface area contributed by atoms with Gasteiger partial charge in [0, 0.05) is 0 Å². The van der Waals surface area contributed by atoms with E-state index >= 15 is 0 Å². The summed E-state index contributed by atoms with van der Waals surface area (Å²) in [6.07, 6.45) is 23.4. The van der Waals surface area contributed by atoms with Crippen LogP contribution < -0.4 is 0 Å². The Hall–Kier alpha value is -1.29. The highest BCUT2D eigenvalue weighted by atomic mass is 31.2. The fourth-order valence-corrected chi connectivity index (χ4v) is 5.04. The number of rotatable bonds is 25. The van der Waals surface area contributed by atoms with Crippen LogP contribution in [-0.2, 0) is 20.4 Å². The number of phosphoric acid groups is 1. The van der Waals surface area contributed by atoms with Gasteiger partial charge >= 0.3 is 7.82 Å². The van der Waals surface area contributed by atoms with Crippen molar-refractivity contribution in [1.82, 2.24) is 0 Å². The number of ether oxygens (including phenoxy) is 1. The molecule has 0 spiro atoms. The van der Waals surface area contributed by atoms with Crippen LogP contribution in [0, 0.1) is 17.1 Å². The monoisotopic (exact) mass is 555 g/mol. The number of benzene rings is 1. The molecule has 2 N–H and O–H groups in total. The second-order valence-corrected chi connectivity index (χ2v) is 11.7. The molecule has 0 heterocycles. The molecule has 0 aliphatic carbocycles. The molecule has 0 radical (unpaired) electrons. The highest BCUT2D eigenvalue weighted by molar-refractivity contribution is 7.46. The van der Waals surface area contributed by atoms with Gasteiger partial charge < -0.3 is 14.5 Å². The van der Waals surface area contributed by atoms with E-state index < -0.39 is 19.7 Å². The zero-order valence-electron chi connectivity index (χ0n) is 23.6. The van der Waals surface area contributed by atoms with Gasteiger partial charge in [-0.05, 0) is 30.2 Å². The van der Waals surface area contributed by atoms with Crippen molar-refractivity contribution in [3.63, 3.8) is 0 Å². The lowest BCUT2D eigenvalue weighted by atomic mass is 10.0. The molecule has 0 aliphatic rings. The van der Waals surface area contributed by atoms with Crippen LogP contribution in [0.1, 0.15) is 140 Å². The molecule has 0 fully saturated rings. The van der Waals surface area contributed by atoms with E-state index in [1.165, 1.54) is 102 Å². The van der Waals surface area contributed by atoms with Gasteiger partial charge in [-0.3, -0.25) is 4.52 Å². The van der Waals surface area contributed by atoms with E-state index in [4.69, 9.17) is 19.8 Å². The van der Waals surface area contributed by atoms with Crippen LogP contribution >= 0.6 is 7.82 Å². The lowest BCUT2D eigenvalue weighted by Gasteiger charge is -2.18. The Labute approximate surface area is 230 Å². The normalized spacial score (nSPS) is 12.5. The van der Waals surface area contributed by atoms with E-state index in [1.54, 1.807) is 6.07 Å². The zero-order valence-corrected chi connectivity index (χ0v) is 24.4. The second kappa shape index (κ2) is 22.5. The van der Waals surface area contributed by atoms with Crippen molar-refractivity contribution in [1.29, 1.82) is 5.26 Å². The lowest BCUT2D eigenvalue weighted by Crippen LogP contribution is -2.19. The Morgan fingerprint density at radius 1 is 0.816 bits per heavy atom. The summed E-state index contributed by atoms with van der Waals surface area (Å²) in [6, 6.07) is 5.89. The molecule has 6 nitrogen and oxygen atoms in total. The van der Waals surface area contributed by atoms with Gasteiger partial charge in [0.25, 0.3) is 0 Å². The third kappa shape index (κ3) is 20.6. The SMILES string of the molecule is CCCCCCCCCCCCCCCCCCCCC(COP(=O)(O)O)OCc1cc(F)cc(C#N)c1. The highest BCUT2D eigenvalue weighted by Crippen LogP contribution is 2.36. The maximum Gasteiger partial charge on any atom is 0.469 e. The number of phosphoric ester groups is 1. The summed E-state index contributed by atoms with van der Waals surface area (Å²) in [7, 11) is -4.60. The Morgan fingerprint density at radius 3 is 1.74 bits per heavy atom. The Kier molecular flexibility index (Phi) is 20.6. The van der Waals surface area contributed by atoms with Gasteiger partial charge in [0.1, 0.15) is 5.82 Å². The first-order valence-electron chi connectivity index (χ1n) is 14.8. The number of hydrogen-bond donors (Lipinski definition) is 2. The van der Waals surface area contributed by atoms with Crippen LogP contribution in [0.25, 0.3) is 0 Å². The molecular weight excluding hydrogens is 504 g/mol. The maximum absolute atomic E-state index is 13.6. The predicted molar refractivity (Wildman–Crippen MR) is 151 cm³/mol. The van der Waals surface area contributed by atoms with E-state index in [-0.39, 0.29) is 18.8 Å². The van der Waals surface area contributed by atoms with Crippen molar-refractivity contribution >= 4 is 7.82 Å². The Morgan fingerprint density at radius 2 is 1.29 bits per heavy atom. The van der Waals surface area contributed by atoms with Crippen LogP contribution in [0.2, 0.25) is 0 Å². The molecule has 1 unspecified atom stereocenters. The molecular formula is C30H51FNO5P. The molecule has 0 aromatic heterocycles. The third-order valence-electron chi connectivity index (χ3n) is 6.88. The summed E-state index contributed by atoms with van der Waals surface area (Å²) < 4.78 is 35.2. The molecule has 0 saturated carbocycles. The average molecular weight is 556 g/mol. The molecule has 0 amide bonds. The predicted octanol–water partition coefficient (Wildman–Crippen LogP) is 9.12. The van der Waals surface area contributed by atoms with E-state index in [0.29, 0.717) is 12.0 Å². The summed E-state index contributed by atoms with van der Waals surface area (Å²) in [5.74, 6) is -0.519. The first-order valence-corrected chi connectivity index (χ1v) is 16.4. The molecule has 8 heteroatoms. The first-order chi connectivity index (χ1) is 18.3. The van der Waals surface area contributed by atoms with Crippen molar-refractivity contribution in [3.05, 3.63) is 35.1 Å². The number of nitrogens with zero attached hydrogens (tertiary/aromatic N) is 1. The standard InChI is InChI=1S/C30H51FNO5P/c1-2-3-4-5-6-7-8-9-10-11-12-13-14-15-16-17-18-19-20-30(26-37-38(33,34)35)36-25-28-21-27(24-32)22-29(31)23-28/h21-23,30H,2-20,25-26H2,1H3,(H2,33,34,35). The zero-order chi connectivity index (χ0) is 27.9. The third-order valence-corrected chi connectivity index (χ3v) is 7.37. The molecule has 0 saturated heterocycles. The van der Waals surface area contributed by atoms with E-state index in [0.717, 1.165) is 25.3 Å². The van der Waals surface area contributed by atoms with E-state index in [1.807, 2.05) is 6.07 Å². The molecule has 38 heavy (non-hydrogen) atoms.